The summed E-state index contributed by atoms with van der Waals surface area (Å²) >= 11 is 0. The monoisotopic (exact) mass is 374 g/mol. The molecule has 2 aliphatic heterocycles. The topological polar surface area (TPSA) is 32.8 Å². The van der Waals surface area contributed by atoms with E-state index in [2.05, 4.69) is 4.90 Å². The summed E-state index contributed by atoms with van der Waals surface area (Å²) in [7, 11) is 0. The van der Waals surface area contributed by atoms with Crippen LogP contribution in [0.5, 0.6) is 0 Å². The molecule has 3 aliphatic rings. The lowest BCUT2D eigenvalue weighted by Crippen LogP contribution is -2.45. The van der Waals surface area contributed by atoms with Gasteiger partial charge in [-0.15, -0.1) is 0 Å². The van der Waals surface area contributed by atoms with Gasteiger partial charge in [0, 0.05) is 39.1 Å². The molecule has 148 valence electrons. The van der Waals surface area contributed by atoms with Crippen LogP contribution in [0.4, 0.5) is 4.39 Å². The van der Waals surface area contributed by atoms with Gasteiger partial charge in [0.1, 0.15) is 5.82 Å². The van der Waals surface area contributed by atoms with Gasteiger partial charge in [-0.05, 0) is 67.8 Å². The highest BCUT2D eigenvalue weighted by Gasteiger charge is 2.48. The van der Waals surface area contributed by atoms with E-state index in [4.69, 9.17) is 4.74 Å². The first-order chi connectivity index (χ1) is 13.0. The fraction of sp³-hybridized carbons (Fsp3) is 0.682. The zero-order chi connectivity index (χ0) is 18.9. The summed E-state index contributed by atoms with van der Waals surface area (Å²) in [4.78, 5) is 16.4. The second-order valence-electron chi connectivity index (χ2n) is 8.85. The summed E-state index contributed by atoms with van der Waals surface area (Å²) in [5.74, 6) is 1.24. The van der Waals surface area contributed by atoms with Gasteiger partial charge < -0.3 is 9.64 Å². The number of benzene rings is 1. The molecule has 1 aromatic rings. The van der Waals surface area contributed by atoms with Crippen LogP contribution in [0.1, 0.15) is 38.2 Å². The highest BCUT2D eigenvalue weighted by Crippen LogP contribution is 2.45. The van der Waals surface area contributed by atoms with E-state index < -0.39 is 0 Å². The van der Waals surface area contributed by atoms with Crippen molar-refractivity contribution in [1.29, 1.82) is 0 Å². The lowest BCUT2D eigenvalue weighted by Gasteiger charge is -2.42. The number of ether oxygens (including phenoxy) is 1. The predicted molar refractivity (Wildman–Crippen MR) is 103 cm³/mol. The molecular formula is C22H31FN2O2. The molecule has 0 radical (unpaired) electrons. The Balaban J connectivity index is 1.36. The third-order valence-corrected chi connectivity index (χ3v) is 6.77. The molecule has 27 heavy (non-hydrogen) atoms. The molecule has 3 fully saturated rings. The Kier molecular flexibility index (Phi) is 5.51. The van der Waals surface area contributed by atoms with E-state index in [0.29, 0.717) is 5.92 Å². The first-order valence-electron chi connectivity index (χ1n) is 10.3. The van der Waals surface area contributed by atoms with Crippen molar-refractivity contribution in [2.75, 3.05) is 39.4 Å². The SMILES string of the molecule is CC(=O)N1CC(COCC2CC2)C2(CCN(Cc3cccc(F)c3)CC2)C1. The molecule has 1 unspecified atom stereocenters. The molecule has 1 spiro atoms. The first kappa shape index (κ1) is 18.9. The van der Waals surface area contributed by atoms with Crippen molar-refractivity contribution in [3.05, 3.63) is 35.6 Å². The Morgan fingerprint density at radius 3 is 2.70 bits per heavy atom. The second-order valence-corrected chi connectivity index (χ2v) is 8.85. The average Bonchev–Trinajstić information content (AvgIpc) is 3.39. The quantitative estimate of drug-likeness (QED) is 0.766. The van der Waals surface area contributed by atoms with Gasteiger partial charge in [0.05, 0.1) is 6.61 Å². The van der Waals surface area contributed by atoms with E-state index in [0.717, 1.165) is 70.3 Å². The number of piperidine rings is 1. The van der Waals surface area contributed by atoms with E-state index in [1.54, 1.807) is 19.1 Å². The molecule has 0 aromatic heterocycles. The van der Waals surface area contributed by atoms with Crippen LogP contribution < -0.4 is 0 Å². The van der Waals surface area contributed by atoms with Gasteiger partial charge in [0.2, 0.25) is 5.91 Å². The van der Waals surface area contributed by atoms with Crippen LogP contribution in [-0.4, -0.2) is 55.1 Å². The number of hydrogen-bond acceptors (Lipinski definition) is 3. The number of hydrogen-bond donors (Lipinski definition) is 0. The van der Waals surface area contributed by atoms with Crippen LogP contribution in [-0.2, 0) is 16.1 Å². The Hall–Kier alpha value is -1.46. The molecule has 0 N–H and O–H groups in total. The normalized spacial score (nSPS) is 25.3. The van der Waals surface area contributed by atoms with E-state index in [1.807, 2.05) is 11.0 Å². The number of carbonyl (C=O) groups is 1. The smallest absolute Gasteiger partial charge is 0.219 e. The van der Waals surface area contributed by atoms with E-state index in [1.165, 1.54) is 18.9 Å². The van der Waals surface area contributed by atoms with E-state index >= 15 is 0 Å². The van der Waals surface area contributed by atoms with Crippen LogP contribution in [0.25, 0.3) is 0 Å². The number of likely N-dealkylation sites (tertiary alicyclic amines) is 2. The molecule has 1 saturated carbocycles. The van der Waals surface area contributed by atoms with Crippen molar-refractivity contribution >= 4 is 5.91 Å². The molecule has 2 saturated heterocycles. The molecule has 1 aromatic carbocycles. The molecular weight excluding hydrogens is 343 g/mol. The predicted octanol–water partition coefficient (Wildman–Crippen LogP) is 3.31. The number of nitrogens with zero attached hydrogens (tertiary/aromatic N) is 2. The maximum Gasteiger partial charge on any atom is 0.219 e. The summed E-state index contributed by atoms with van der Waals surface area (Å²) in [5.41, 5.74) is 1.22. The van der Waals surface area contributed by atoms with Crippen molar-refractivity contribution in [2.24, 2.45) is 17.3 Å². The fourth-order valence-electron chi connectivity index (χ4n) is 4.78. The summed E-state index contributed by atoms with van der Waals surface area (Å²) in [6.07, 6.45) is 4.79. The largest absolute Gasteiger partial charge is 0.381 e. The van der Waals surface area contributed by atoms with Crippen molar-refractivity contribution in [1.82, 2.24) is 9.80 Å². The third-order valence-electron chi connectivity index (χ3n) is 6.77. The zero-order valence-corrected chi connectivity index (χ0v) is 16.3. The summed E-state index contributed by atoms with van der Waals surface area (Å²) in [5, 5.41) is 0. The van der Waals surface area contributed by atoms with E-state index in [9.17, 15) is 9.18 Å². The van der Waals surface area contributed by atoms with Crippen molar-refractivity contribution in [3.8, 4) is 0 Å². The van der Waals surface area contributed by atoms with Crippen LogP contribution in [0.3, 0.4) is 0 Å². The van der Waals surface area contributed by atoms with Crippen molar-refractivity contribution in [2.45, 2.75) is 39.2 Å². The minimum Gasteiger partial charge on any atom is -0.381 e. The van der Waals surface area contributed by atoms with Gasteiger partial charge in [-0.2, -0.15) is 0 Å². The summed E-state index contributed by atoms with van der Waals surface area (Å²) < 4.78 is 19.5. The lowest BCUT2D eigenvalue weighted by atomic mass is 9.71. The van der Waals surface area contributed by atoms with Gasteiger partial charge in [-0.25, -0.2) is 4.39 Å². The molecule has 4 nitrogen and oxygen atoms in total. The van der Waals surface area contributed by atoms with Gasteiger partial charge in [-0.3, -0.25) is 9.69 Å². The molecule has 1 amide bonds. The highest BCUT2D eigenvalue weighted by atomic mass is 19.1. The molecule has 2 heterocycles. The maximum atomic E-state index is 13.4. The molecule has 4 rings (SSSR count). The average molecular weight is 375 g/mol. The van der Waals surface area contributed by atoms with Crippen LogP contribution in [0, 0.1) is 23.1 Å². The van der Waals surface area contributed by atoms with Gasteiger partial charge in [-0.1, -0.05) is 12.1 Å². The van der Waals surface area contributed by atoms with Crippen molar-refractivity contribution in [3.63, 3.8) is 0 Å². The van der Waals surface area contributed by atoms with Crippen LogP contribution in [0.15, 0.2) is 24.3 Å². The highest BCUT2D eigenvalue weighted by molar-refractivity contribution is 5.73. The minimum absolute atomic E-state index is 0.165. The molecule has 1 atom stereocenters. The summed E-state index contributed by atoms with van der Waals surface area (Å²) in [6, 6.07) is 6.90. The molecule has 5 heteroatoms. The zero-order valence-electron chi connectivity index (χ0n) is 16.3. The standard InChI is InChI=1S/C22H31FN2O2/c1-17(26)25-13-20(15-27-14-18-5-6-18)22(16-25)7-9-24(10-8-22)12-19-3-2-4-21(23)11-19/h2-4,11,18,20H,5-10,12-16H2,1H3. The number of carbonyl (C=O) groups excluding carboxylic acids is 1. The Labute approximate surface area is 161 Å². The minimum atomic E-state index is -0.165. The lowest BCUT2D eigenvalue weighted by molar-refractivity contribution is -0.128. The second kappa shape index (κ2) is 7.88. The number of rotatable bonds is 6. The maximum absolute atomic E-state index is 13.4. The number of amides is 1. The molecule has 1 aliphatic carbocycles. The van der Waals surface area contributed by atoms with Gasteiger partial charge >= 0.3 is 0 Å². The van der Waals surface area contributed by atoms with E-state index in [-0.39, 0.29) is 17.1 Å². The number of halogens is 1. The molecule has 0 bridgehead atoms. The Morgan fingerprint density at radius 2 is 2.04 bits per heavy atom. The van der Waals surface area contributed by atoms with Gasteiger partial charge in [0.15, 0.2) is 0 Å². The van der Waals surface area contributed by atoms with Crippen LogP contribution in [0.2, 0.25) is 0 Å². The fourth-order valence-corrected chi connectivity index (χ4v) is 4.78. The van der Waals surface area contributed by atoms with Crippen LogP contribution >= 0.6 is 0 Å². The Morgan fingerprint density at radius 1 is 1.26 bits per heavy atom. The first-order valence-corrected chi connectivity index (χ1v) is 10.3. The third kappa shape index (κ3) is 4.52. The Bertz CT molecular complexity index is 668. The summed E-state index contributed by atoms with van der Waals surface area (Å²) in [6.45, 7) is 7.86. The van der Waals surface area contributed by atoms with Crippen molar-refractivity contribution < 1.29 is 13.9 Å². The van der Waals surface area contributed by atoms with Gasteiger partial charge in [0.25, 0.3) is 0 Å².